The van der Waals surface area contributed by atoms with Crippen LogP contribution < -0.4 is 0 Å². The Morgan fingerprint density at radius 2 is 0.766 bits per heavy atom. The lowest BCUT2D eigenvalue weighted by atomic mass is 9.32. The van der Waals surface area contributed by atoms with E-state index >= 15 is 0 Å². The second-order valence-electron chi connectivity index (χ2n) is 25.3. The molecule has 77 heavy (non-hydrogen) atoms. The lowest BCUT2D eigenvalue weighted by Gasteiger charge is -2.70. The number of benzene rings is 10. The van der Waals surface area contributed by atoms with Crippen LogP contribution in [0.3, 0.4) is 0 Å². The highest BCUT2D eigenvalue weighted by atomic mass is 15.0. The van der Waals surface area contributed by atoms with Crippen molar-refractivity contribution in [1.82, 2.24) is 4.57 Å². The number of hydrogen-bond acceptors (Lipinski definition) is 0. The third-order valence-electron chi connectivity index (χ3n) is 21.7. The molecule has 7 aliphatic rings. The van der Waals surface area contributed by atoms with Crippen LogP contribution in [0.5, 0.6) is 0 Å². The number of hydrogen-bond donors (Lipinski definition) is 0. The summed E-state index contributed by atoms with van der Waals surface area (Å²) in [5.74, 6) is 1.61. The third kappa shape index (κ3) is 5.36. The van der Waals surface area contributed by atoms with Crippen LogP contribution in [-0.2, 0) is 21.7 Å². The third-order valence-corrected chi connectivity index (χ3v) is 21.7. The Hall–Kier alpha value is -8.00. The molecule has 7 aliphatic carbocycles. The molecule has 7 unspecified atom stereocenters. The van der Waals surface area contributed by atoms with Gasteiger partial charge in [-0.05, 0) is 199 Å². The van der Waals surface area contributed by atoms with Gasteiger partial charge in [0.1, 0.15) is 0 Å². The number of aromatic nitrogens is 1. The molecular weight excluding hydrogens is 927 g/mol. The average Bonchev–Trinajstić information content (AvgIpc) is 3.89. The van der Waals surface area contributed by atoms with E-state index in [1.165, 1.54) is 120 Å². The first-order valence-electron chi connectivity index (χ1n) is 28.7. The van der Waals surface area contributed by atoms with Crippen LogP contribution in [0.25, 0.3) is 83.1 Å². The molecule has 11 aromatic rings. The van der Waals surface area contributed by atoms with Crippen molar-refractivity contribution in [3.8, 4) is 61.3 Å². The molecule has 0 amide bonds. The van der Waals surface area contributed by atoms with Crippen molar-refractivity contribution >= 4 is 21.8 Å². The van der Waals surface area contributed by atoms with E-state index in [9.17, 15) is 0 Å². The van der Waals surface area contributed by atoms with Gasteiger partial charge in [-0.15, -0.1) is 0 Å². The van der Waals surface area contributed by atoms with Crippen LogP contribution in [0.2, 0.25) is 0 Å². The van der Waals surface area contributed by atoms with Crippen molar-refractivity contribution in [2.45, 2.75) is 91.8 Å². The highest BCUT2D eigenvalue weighted by molar-refractivity contribution is 6.13. The monoisotopic (exact) mass is 985 g/mol. The van der Waals surface area contributed by atoms with Gasteiger partial charge in [-0.3, -0.25) is 0 Å². The minimum atomic E-state index is -0.135. The number of rotatable bonds is 2. The zero-order valence-corrected chi connectivity index (χ0v) is 43.9. The summed E-state index contributed by atoms with van der Waals surface area (Å²) in [5.41, 5.74) is 29.9. The Morgan fingerprint density at radius 3 is 1.36 bits per heavy atom. The maximum atomic E-state index is 2.66. The molecule has 3 saturated carbocycles. The van der Waals surface area contributed by atoms with Gasteiger partial charge < -0.3 is 4.57 Å². The maximum absolute atomic E-state index is 2.66. The standard InChI is InChI=1S/C76H59N/c1-73(2)64-31-15-12-28-59(64)61-38-63-62-37-46(35-36-69(62)77(70(63)39-68(61)73)50-19-4-3-5-20-50)54-30-18-34-67-71(54)60-29-11-8-23-53(60)49-43-75-41-47(51-21-6-9-24-55(51)57-26-14-17-33-66(57)75)40-74-42-48(44-76(67,45-49)72(74)75)52-22-7-10-25-56(52)58-27-13-16-32-65(58)74/h3-39,47-49,72H,40-45H2,1-2H3. The van der Waals surface area contributed by atoms with Gasteiger partial charge in [-0.2, -0.15) is 0 Å². The van der Waals surface area contributed by atoms with Crippen LogP contribution >= 0.6 is 0 Å². The van der Waals surface area contributed by atoms with Gasteiger partial charge in [0.25, 0.3) is 0 Å². The SMILES string of the molecule is CC1(C)c2ccccc2-c2cc3c4cc(-c5cccc6c5-c5ccccc5C5CC78CC(CC9%10CC(CC6(C5)C97)c5ccccc5-c5ccccc5%10)c5ccccc5-c5ccccc58)ccc4n(-c4ccccc4)c3cc21. The van der Waals surface area contributed by atoms with E-state index in [0.29, 0.717) is 23.7 Å². The molecule has 10 aromatic carbocycles. The molecule has 7 atom stereocenters. The fraction of sp³-hybridized carbons (Fsp3) is 0.211. The minimum Gasteiger partial charge on any atom is -0.309 e. The normalized spacial score (nSPS) is 25.7. The largest absolute Gasteiger partial charge is 0.309 e. The molecule has 1 heterocycles. The Kier molecular flexibility index (Phi) is 8.36. The second kappa shape index (κ2) is 14.9. The molecule has 0 N–H and O–H groups in total. The van der Waals surface area contributed by atoms with Crippen LogP contribution in [-0.4, -0.2) is 4.57 Å². The van der Waals surface area contributed by atoms with E-state index < -0.39 is 0 Å². The summed E-state index contributed by atoms with van der Waals surface area (Å²) in [6.45, 7) is 4.82. The van der Waals surface area contributed by atoms with E-state index in [2.05, 4.69) is 243 Å². The van der Waals surface area contributed by atoms with Crippen molar-refractivity contribution in [2.75, 3.05) is 0 Å². The molecule has 3 spiro atoms. The zero-order valence-electron chi connectivity index (χ0n) is 43.9. The Labute approximate surface area is 451 Å². The Morgan fingerprint density at radius 1 is 0.325 bits per heavy atom. The van der Waals surface area contributed by atoms with Gasteiger partial charge in [0.2, 0.25) is 0 Å². The molecule has 0 radical (unpaired) electrons. The number of nitrogens with zero attached hydrogens (tertiary/aromatic N) is 1. The van der Waals surface area contributed by atoms with Gasteiger partial charge in [-0.1, -0.05) is 202 Å². The van der Waals surface area contributed by atoms with E-state index in [-0.39, 0.29) is 21.7 Å². The van der Waals surface area contributed by atoms with Gasteiger partial charge in [0, 0.05) is 38.1 Å². The van der Waals surface area contributed by atoms with E-state index in [1.54, 1.807) is 33.4 Å². The van der Waals surface area contributed by atoms with Crippen LogP contribution in [0.1, 0.15) is 115 Å². The predicted octanol–water partition coefficient (Wildman–Crippen LogP) is 19.2. The molecule has 368 valence electrons. The van der Waals surface area contributed by atoms with Gasteiger partial charge in [0.15, 0.2) is 0 Å². The Balaban J connectivity index is 0.944. The average molecular weight is 986 g/mol. The van der Waals surface area contributed by atoms with Crippen molar-refractivity contribution in [3.63, 3.8) is 0 Å². The van der Waals surface area contributed by atoms with Crippen molar-refractivity contribution < 1.29 is 0 Å². The summed E-state index contributed by atoms with van der Waals surface area (Å²) in [7, 11) is 0. The molecule has 0 aliphatic heterocycles. The minimum absolute atomic E-state index is 0.0770. The summed E-state index contributed by atoms with van der Waals surface area (Å²) in [4.78, 5) is 0. The first-order valence-corrected chi connectivity index (χ1v) is 28.7. The van der Waals surface area contributed by atoms with E-state index in [0.717, 1.165) is 12.8 Å². The highest BCUT2D eigenvalue weighted by Crippen LogP contribution is 2.79. The smallest absolute Gasteiger partial charge is 0.0544 e. The summed E-state index contributed by atoms with van der Waals surface area (Å²) >= 11 is 0. The lowest BCUT2D eigenvalue weighted by Crippen LogP contribution is -2.67. The fourth-order valence-corrected chi connectivity index (χ4v) is 19.5. The van der Waals surface area contributed by atoms with Gasteiger partial charge in [0.05, 0.1) is 11.0 Å². The first kappa shape index (κ1) is 43.1. The molecule has 1 nitrogen and oxygen atoms in total. The maximum Gasteiger partial charge on any atom is 0.0544 e. The summed E-state index contributed by atoms with van der Waals surface area (Å²) < 4.78 is 2.54. The van der Waals surface area contributed by atoms with Crippen molar-refractivity contribution in [2.24, 2.45) is 5.92 Å². The number of fused-ring (bicyclic) bond motifs is 21. The van der Waals surface area contributed by atoms with Gasteiger partial charge in [-0.25, -0.2) is 0 Å². The van der Waals surface area contributed by atoms with E-state index in [1.807, 2.05) is 0 Å². The molecule has 18 rings (SSSR count). The first-order chi connectivity index (χ1) is 37.8. The lowest BCUT2D eigenvalue weighted by molar-refractivity contribution is -0.0788. The molecule has 6 bridgehead atoms. The summed E-state index contributed by atoms with van der Waals surface area (Å²) in [6.07, 6.45) is 7.04. The highest BCUT2D eigenvalue weighted by Gasteiger charge is 2.72. The topological polar surface area (TPSA) is 4.93 Å². The van der Waals surface area contributed by atoms with Crippen LogP contribution in [0, 0.1) is 5.92 Å². The molecule has 1 heteroatoms. The predicted molar refractivity (Wildman–Crippen MR) is 317 cm³/mol. The molecular formula is C76H59N. The van der Waals surface area contributed by atoms with E-state index in [4.69, 9.17) is 0 Å². The molecule has 3 fully saturated rings. The fourth-order valence-electron chi connectivity index (χ4n) is 19.5. The molecule has 0 saturated heterocycles. The Bertz CT molecular complexity index is 4330. The number of para-hydroxylation sites is 1. The van der Waals surface area contributed by atoms with Crippen LogP contribution in [0.4, 0.5) is 0 Å². The quantitative estimate of drug-likeness (QED) is 0.163. The molecule has 1 aromatic heterocycles. The second-order valence-corrected chi connectivity index (χ2v) is 25.3. The summed E-state index contributed by atoms with van der Waals surface area (Å²) in [6, 6.07) is 89.2. The van der Waals surface area contributed by atoms with Crippen molar-refractivity contribution in [1.29, 1.82) is 0 Å². The van der Waals surface area contributed by atoms with Crippen molar-refractivity contribution in [3.05, 3.63) is 269 Å². The zero-order chi connectivity index (χ0) is 50.6. The van der Waals surface area contributed by atoms with Crippen LogP contribution in [0.15, 0.2) is 224 Å². The summed E-state index contributed by atoms with van der Waals surface area (Å²) in [5, 5.41) is 2.63. The van der Waals surface area contributed by atoms with Gasteiger partial charge >= 0.3 is 0 Å².